The van der Waals surface area contributed by atoms with E-state index in [4.69, 9.17) is 9.47 Å². The molecule has 184 valence electrons. The fourth-order valence-electron chi connectivity index (χ4n) is 5.15. The van der Waals surface area contributed by atoms with Gasteiger partial charge in [-0.25, -0.2) is 0 Å². The molecule has 0 aromatic heterocycles. The quantitative estimate of drug-likeness (QED) is 0.542. The molecule has 0 bridgehead atoms. The number of likely N-dealkylation sites (N-methyl/N-ethyl adjacent to an activating group) is 1. The predicted octanol–water partition coefficient (Wildman–Crippen LogP) is 1.54. The molecule has 0 radical (unpaired) electrons. The molecule has 3 aliphatic rings. The topological polar surface area (TPSA) is 74.4 Å². The molecule has 3 fully saturated rings. The lowest BCUT2D eigenvalue weighted by Gasteiger charge is -2.37. The van der Waals surface area contributed by atoms with E-state index in [1.807, 2.05) is 18.7 Å². The van der Waals surface area contributed by atoms with Gasteiger partial charge in [-0.3, -0.25) is 9.59 Å². The molecule has 0 aromatic rings. The minimum absolute atomic E-state index is 0.00117. The van der Waals surface area contributed by atoms with E-state index in [1.54, 1.807) is 4.90 Å². The Balaban J connectivity index is 1.44. The SMILES string of the molecule is CCN(C(=O)CN1CCNC(CC(C)C)C1=O)C(C)CC1OCC(CN2CCCC2)CO1. The molecule has 3 rings (SSSR count). The van der Waals surface area contributed by atoms with Crippen LogP contribution in [0.3, 0.4) is 0 Å². The molecular weight excluding hydrogens is 408 g/mol. The van der Waals surface area contributed by atoms with Gasteiger partial charge in [-0.1, -0.05) is 13.8 Å². The number of hydrogen-bond donors (Lipinski definition) is 1. The van der Waals surface area contributed by atoms with Crippen LogP contribution in [0.25, 0.3) is 0 Å². The minimum atomic E-state index is -0.266. The number of amides is 2. The highest BCUT2D eigenvalue weighted by Gasteiger charge is 2.33. The number of rotatable bonds is 10. The van der Waals surface area contributed by atoms with Gasteiger partial charge >= 0.3 is 0 Å². The zero-order chi connectivity index (χ0) is 23.1. The number of nitrogens with one attached hydrogen (secondary N) is 1. The number of carbonyl (C=O) groups is 2. The average molecular weight is 453 g/mol. The third kappa shape index (κ3) is 7.14. The first-order chi connectivity index (χ1) is 15.4. The number of piperazine rings is 1. The highest BCUT2D eigenvalue weighted by atomic mass is 16.7. The Morgan fingerprint density at radius 1 is 1.12 bits per heavy atom. The van der Waals surface area contributed by atoms with Crippen molar-refractivity contribution in [3.8, 4) is 0 Å². The van der Waals surface area contributed by atoms with Crippen molar-refractivity contribution < 1.29 is 19.1 Å². The second-order valence-electron chi connectivity index (χ2n) is 10.1. The standard InChI is InChI=1S/C24H44N4O4/c1-5-28(22(29)15-27-11-8-25-21(24(27)30)12-18(2)3)19(4)13-23-31-16-20(17-32-23)14-26-9-6-7-10-26/h18-21,23,25H,5-17H2,1-4H3. The van der Waals surface area contributed by atoms with Crippen LogP contribution in [0.5, 0.6) is 0 Å². The molecule has 1 N–H and O–H groups in total. The van der Waals surface area contributed by atoms with E-state index in [2.05, 4.69) is 24.1 Å². The van der Waals surface area contributed by atoms with Crippen LogP contribution < -0.4 is 5.32 Å². The van der Waals surface area contributed by atoms with E-state index >= 15 is 0 Å². The summed E-state index contributed by atoms with van der Waals surface area (Å²) in [5.74, 6) is 0.914. The molecule has 32 heavy (non-hydrogen) atoms. The maximum absolute atomic E-state index is 13.1. The van der Waals surface area contributed by atoms with Gasteiger partial charge in [0.1, 0.15) is 0 Å². The lowest BCUT2D eigenvalue weighted by molar-refractivity contribution is -0.209. The Morgan fingerprint density at radius 3 is 2.44 bits per heavy atom. The smallest absolute Gasteiger partial charge is 0.242 e. The molecule has 8 nitrogen and oxygen atoms in total. The Hall–Kier alpha value is -1.22. The van der Waals surface area contributed by atoms with Crippen LogP contribution in [0.2, 0.25) is 0 Å². The first-order valence-corrected chi connectivity index (χ1v) is 12.6. The van der Waals surface area contributed by atoms with Crippen molar-refractivity contribution in [1.29, 1.82) is 0 Å². The number of likely N-dealkylation sites (tertiary alicyclic amines) is 1. The lowest BCUT2D eigenvalue weighted by atomic mass is 10.0. The normalized spacial score (nSPS) is 28.3. The molecule has 3 saturated heterocycles. The summed E-state index contributed by atoms with van der Waals surface area (Å²) in [5, 5.41) is 3.30. The first kappa shape index (κ1) is 25.4. The van der Waals surface area contributed by atoms with E-state index in [-0.39, 0.29) is 36.7 Å². The zero-order valence-corrected chi connectivity index (χ0v) is 20.6. The van der Waals surface area contributed by atoms with Gasteiger partial charge in [0.2, 0.25) is 11.8 Å². The molecule has 0 aromatic carbocycles. The second kappa shape index (κ2) is 12.3. The third-order valence-corrected chi connectivity index (χ3v) is 6.89. The molecule has 3 heterocycles. The highest BCUT2D eigenvalue weighted by molar-refractivity contribution is 5.88. The van der Waals surface area contributed by atoms with Crippen LogP contribution in [0.1, 0.15) is 53.4 Å². The van der Waals surface area contributed by atoms with E-state index in [0.29, 0.717) is 31.3 Å². The molecule has 2 amide bonds. The molecule has 2 unspecified atom stereocenters. The van der Waals surface area contributed by atoms with Crippen LogP contribution in [0, 0.1) is 11.8 Å². The monoisotopic (exact) mass is 452 g/mol. The van der Waals surface area contributed by atoms with E-state index in [1.165, 1.54) is 25.9 Å². The van der Waals surface area contributed by atoms with E-state index < -0.39 is 0 Å². The van der Waals surface area contributed by atoms with Crippen molar-refractivity contribution >= 4 is 11.8 Å². The third-order valence-electron chi connectivity index (χ3n) is 6.89. The van der Waals surface area contributed by atoms with Gasteiger partial charge in [0.05, 0.1) is 25.8 Å². The number of nitrogens with zero attached hydrogens (tertiary/aromatic N) is 3. The number of carbonyl (C=O) groups excluding carboxylic acids is 2. The fraction of sp³-hybridized carbons (Fsp3) is 0.917. The second-order valence-corrected chi connectivity index (χ2v) is 10.1. The maximum Gasteiger partial charge on any atom is 0.242 e. The van der Waals surface area contributed by atoms with Crippen molar-refractivity contribution in [2.24, 2.45) is 11.8 Å². The minimum Gasteiger partial charge on any atom is -0.352 e. The van der Waals surface area contributed by atoms with Gasteiger partial charge in [0.25, 0.3) is 0 Å². The summed E-state index contributed by atoms with van der Waals surface area (Å²) in [4.78, 5) is 31.9. The van der Waals surface area contributed by atoms with Crippen molar-refractivity contribution in [2.75, 3.05) is 59.0 Å². The molecule has 2 atom stereocenters. The van der Waals surface area contributed by atoms with Crippen LogP contribution in [0.15, 0.2) is 0 Å². The Bertz CT molecular complexity index is 603. The van der Waals surface area contributed by atoms with Crippen molar-refractivity contribution in [1.82, 2.24) is 20.0 Å². The summed E-state index contributed by atoms with van der Waals surface area (Å²) in [5.41, 5.74) is 0. The predicted molar refractivity (Wildman–Crippen MR) is 124 cm³/mol. The van der Waals surface area contributed by atoms with Gasteiger partial charge in [-0.15, -0.1) is 0 Å². The summed E-state index contributed by atoms with van der Waals surface area (Å²) in [7, 11) is 0. The fourth-order valence-corrected chi connectivity index (χ4v) is 5.15. The van der Waals surface area contributed by atoms with Crippen molar-refractivity contribution in [3.63, 3.8) is 0 Å². The molecule has 0 aliphatic carbocycles. The van der Waals surface area contributed by atoms with Crippen molar-refractivity contribution in [3.05, 3.63) is 0 Å². The van der Waals surface area contributed by atoms with Crippen LogP contribution >= 0.6 is 0 Å². The Morgan fingerprint density at radius 2 is 1.81 bits per heavy atom. The summed E-state index contributed by atoms with van der Waals surface area (Å²) < 4.78 is 12.0. The van der Waals surface area contributed by atoms with Gasteiger partial charge in [-0.05, 0) is 52.1 Å². The molecule has 0 saturated carbocycles. The zero-order valence-electron chi connectivity index (χ0n) is 20.6. The van der Waals surface area contributed by atoms with E-state index in [0.717, 1.165) is 32.7 Å². The summed E-state index contributed by atoms with van der Waals surface area (Å²) in [6.45, 7) is 15.2. The average Bonchev–Trinajstić information content (AvgIpc) is 3.26. The highest BCUT2D eigenvalue weighted by Crippen LogP contribution is 2.20. The van der Waals surface area contributed by atoms with Crippen molar-refractivity contribution in [2.45, 2.75) is 71.8 Å². The first-order valence-electron chi connectivity index (χ1n) is 12.6. The largest absolute Gasteiger partial charge is 0.352 e. The van der Waals surface area contributed by atoms with Crippen LogP contribution in [-0.2, 0) is 19.1 Å². The number of ether oxygens (including phenoxy) is 2. The summed E-state index contributed by atoms with van der Waals surface area (Å²) >= 11 is 0. The van der Waals surface area contributed by atoms with Gasteiger partial charge in [-0.2, -0.15) is 0 Å². The molecular formula is C24H44N4O4. The van der Waals surface area contributed by atoms with Gasteiger partial charge in [0, 0.05) is 44.6 Å². The Labute approximate surface area is 193 Å². The molecule has 0 spiro atoms. The number of hydrogen-bond acceptors (Lipinski definition) is 6. The van der Waals surface area contributed by atoms with Crippen LogP contribution in [-0.4, -0.2) is 104 Å². The molecule has 3 aliphatic heterocycles. The lowest BCUT2D eigenvalue weighted by Crippen LogP contribution is -2.58. The Kier molecular flexibility index (Phi) is 9.77. The van der Waals surface area contributed by atoms with Gasteiger partial charge in [0.15, 0.2) is 6.29 Å². The summed E-state index contributed by atoms with van der Waals surface area (Å²) in [6.07, 6.45) is 3.78. The maximum atomic E-state index is 13.1. The van der Waals surface area contributed by atoms with Gasteiger partial charge < -0.3 is 29.5 Å². The molecule has 8 heteroatoms. The van der Waals surface area contributed by atoms with Crippen LogP contribution in [0.4, 0.5) is 0 Å². The van der Waals surface area contributed by atoms with E-state index in [9.17, 15) is 9.59 Å². The summed E-state index contributed by atoms with van der Waals surface area (Å²) in [6, 6.07) is -0.182.